The molecule has 0 heterocycles. The van der Waals surface area contributed by atoms with Crippen LogP contribution in [0.4, 0.5) is 0 Å². The van der Waals surface area contributed by atoms with Gasteiger partial charge in [0.1, 0.15) is 20.7 Å². The van der Waals surface area contributed by atoms with Crippen LogP contribution in [0, 0.1) is 5.92 Å². The molecular weight excluding hydrogens is 393 g/mol. The first-order valence-electron chi connectivity index (χ1n) is 10.8. The van der Waals surface area contributed by atoms with Crippen molar-refractivity contribution < 1.29 is 14.1 Å². The number of hydrogen-bond acceptors (Lipinski definition) is 4. The van der Waals surface area contributed by atoms with Gasteiger partial charge in [-0.15, -0.1) is 0 Å². The Bertz CT molecular complexity index is 752. The molecule has 30 heavy (non-hydrogen) atoms. The molecule has 2 aromatic rings. The molecule has 2 rings (SSSR count). The smallest absolute Gasteiger partial charge is 0.323 e. The minimum absolute atomic E-state index is 0.0334. The van der Waals surface area contributed by atoms with Crippen molar-refractivity contribution in [2.75, 3.05) is 6.61 Å². The summed E-state index contributed by atoms with van der Waals surface area (Å²) in [6, 6.07) is 17.7. The number of hydrogen-bond donors (Lipinski definition) is 1. The zero-order chi connectivity index (χ0) is 22.0. The average molecular weight is 430 g/mol. The molecule has 0 aliphatic heterocycles. The lowest BCUT2D eigenvalue weighted by Crippen LogP contribution is -2.36. The van der Waals surface area contributed by atoms with E-state index in [9.17, 15) is 4.79 Å². The number of ether oxygens (including phenoxy) is 1. The molecule has 0 bridgehead atoms. The highest BCUT2D eigenvalue weighted by molar-refractivity contribution is 7.30. The Balaban J connectivity index is 1.95. The minimum Gasteiger partial charge on any atom is -0.464 e. The predicted molar refractivity (Wildman–Crippen MR) is 126 cm³/mol. The van der Waals surface area contributed by atoms with Crippen molar-refractivity contribution in [3.8, 4) is 5.75 Å². The van der Waals surface area contributed by atoms with E-state index in [0.29, 0.717) is 18.9 Å². The van der Waals surface area contributed by atoms with Gasteiger partial charge in [0.15, 0.2) is 0 Å². The third-order valence-electron chi connectivity index (χ3n) is 5.31. The summed E-state index contributed by atoms with van der Waals surface area (Å²) in [5, 5.41) is 3.25. The quantitative estimate of drug-likeness (QED) is 0.349. The van der Waals surface area contributed by atoms with Gasteiger partial charge in [0.05, 0.1) is 6.61 Å². The fraction of sp³-hybridized carbons (Fsp3) is 0.480. The van der Waals surface area contributed by atoms with Gasteiger partial charge in [-0.25, -0.2) is 0 Å². The summed E-state index contributed by atoms with van der Waals surface area (Å²) in [5.41, 5.74) is 2.46. The summed E-state index contributed by atoms with van der Waals surface area (Å²) < 4.78 is 11.5. The highest BCUT2D eigenvalue weighted by Gasteiger charge is 2.22. The summed E-state index contributed by atoms with van der Waals surface area (Å²) in [5.74, 6) is 0.981. The van der Waals surface area contributed by atoms with Crippen LogP contribution in [0.15, 0.2) is 54.6 Å². The van der Waals surface area contributed by atoms with E-state index in [0.717, 1.165) is 24.2 Å². The topological polar surface area (TPSA) is 47.6 Å². The van der Waals surface area contributed by atoms with Crippen molar-refractivity contribution >= 4 is 14.9 Å². The molecule has 0 aliphatic carbocycles. The van der Waals surface area contributed by atoms with Crippen LogP contribution in [0.5, 0.6) is 5.75 Å². The van der Waals surface area contributed by atoms with Crippen LogP contribution in [-0.4, -0.2) is 18.6 Å². The Hall–Kier alpha value is -1.90. The van der Waals surface area contributed by atoms with Crippen molar-refractivity contribution in [2.24, 2.45) is 5.92 Å². The van der Waals surface area contributed by atoms with Crippen LogP contribution in [0.3, 0.4) is 0 Å². The molecule has 0 spiro atoms. The lowest BCUT2D eigenvalue weighted by atomic mass is 9.87. The molecule has 0 aromatic heterocycles. The van der Waals surface area contributed by atoms with Crippen molar-refractivity contribution in [3.63, 3.8) is 0 Å². The van der Waals surface area contributed by atoms with E-state index in [1.54, 1.807) is 0 Å². The maximum Gasteiger partial charge on any atom is 0.323 e. The average Bonchev–Trinajstić information content (AvgIpc) is 2.74. The number of benzene rings is 2. The molecule has 0 fully saturated rings. The Labute approximate surface area is 183 Å². The van der Waals surface area contributed by atoms with E-state index in [1.165, 1.54) is 5.56 Å². The Morgan fingerprint density at radius 1 is 1.00 bits per heavy atom. The third-order valence-corrected chi connectivity index (χ3v) is 6.11. The maximum atomic E-state index is 12.7. The van der Waals surface area contributed by atoms with Gasteiger partial charge in [0, 0.05) is 0 Å². The number of carbonyl (C=O) groups excluding carboxylic acids is 1. The lowest BCUT2D eigenvalue weighted by Gasteiger charge is -2.21. The summed E-state index contributed by atoms with van der Waals surface area (Å²) in [6.07, 6.45) is 2.59. The lowest BCUT2D eigenvalue weighted by molar-refractivity contribution is -0.147. The number of rotatable bonds is 11. The van der Waals surface area contributed by atoms with Gasteiger partial charge in [0.2, 0.25) is 0 Å². The van der Waals surface area contributed by atoms with Crippen molar-refractivity contribution in [2.45, 2.75) is 65.3 Å². The van der Waals surface area contributed by atoms with Gasteiger partial charge in [-0.2, -0.15) is 0 Å². The Kier molecular flexibility index (Phi) is 9.81. The summed E-state index contributed by atoms with van der Waals surface area (Å²) in [4.78, 5) is 12.7. The van der Waals surface area contributed by atoms with Gasteiger partial charge in [-0.3, -0.25) is 9.88 Å². The normalized spacial score (nSPS) is 13.0. The molecule has 0 radical (unpaired) electrons. The fourth-order valence-corrected chi connectivity index (χ4v) is 3.73. The van der Waals surface area contributed by atoms with Gasteiger partial charge in [0.25, 0.3) is 0 Å². The molecular formula is C25H36NO3P. The first-order valence-corrected chi connectivity index (χ1v) is 11.7. The Morgan fingerprint density at radius 2 is 1.63 bits per heavy atom. The van der Waals surface area contributed by atoms with Crippen LogP contribution < -0.4 is 9.61 Å². The number of carbonyl (C=O) groups is 1. The highest BCUT2D eigenvalue weighted by atomic mass is 31.1. The molecule has 4 nitrogen and oxygen atoms in total. The zero-order valence-electron chi connectivity index (χ0n) is 18.9. The molecule has 0 amide bonds. The van der Waals surface area contributed by atoms with Crippen LogP contribution in [0.25, 0.3) is 0 Å². The summed E-state index contributed by atoms with van der Waals surface area (Å²) in [7, 11) is -0.0334. The minimum atomic E-state index is -0.436. The van der Waals surface area contributed by atoms with E-state index in [2.05, 4.69) is 51.8 Å². The van der Waals surface area contributed by atoms with Crippen molar-refractivity contribution in [3.05, 3.63) is 65.7 Å². The van der Waals surface area contributed by atoms with E-state index in [4.69, 9.17) is 9.26 Å². The van der Waals surface area contributed by atoms with Gasteiger partial charge in [-0.1, -0.05) is 89.9 Å². The SMILES string of the molecule is CCC(CC)COC(=O)[C@H](Cc1ccccc1)NPOc1ccc(C(C)(C)C)cc1. The van der Waals surface area contributed by atoms with Crippen LogP contribution in [0.2, 0.25) is 0 Å². The molecule has 5 heteroatoms. The van der Waals surface area contributed by atoms with E-state index in [1.807, 2.05) is 42.5 Å². The number of nitrogens with one attached hydrogen (secondary N) is 1. The summed E-state index contributed by atoms with van der Waals surface area (Å²) >= 11 is 0. The van der Waals surface area contributed by atoms with Crippen LogP contribution >= 0.6 is 8.96 Å². The number of esters is 1. The zero-order valence-corrected chi connectivity index (χ0v) is 19.9. The highest BCUT2D eigenvalue weighted by Crippen LogP contribution is 2.26. The molecule has 0 aliphatic rings. The van der Waals surface area contributed by atoms with Crippen LogP contribution in [-0.2, 0) is 21.4 Å². The van der Waals surface area contributed by atoms with E-state index in [-0.39, 0.29) is 20.3 Å². The standard InChI is InChI=1S/C25H36NO3P/c1-6-19(7-2)18-28-24(27)23(17-20-11-9-8-10-12-20)26-30-29-22-15-13-21(14-16-22)25(3,4)5/h8-16,19,23,26,30H,6-7,17-18H2,1-5H3/t23-/m0/s1. The molecule has 0 saturated heterocycles. The maximum absolute atomic E-state index is 12.7. The largest absolute Gasteiger partial charge is 0.464 e. The third kappa shape index (κ3) is 8.08. The monoisotopic (exact) mass is 429 g/mol. The van der Waals surface area contributed by atoms with Gasteiger partial charge in [-0.05, 0) is 41.0 Å². The molecule has 0 saturated carbocycles. The first-order chi connectivity index (χ1) is 14.3. The molecule has 1 unspecified atom stereocenters. The second-order valence-corrected chi connectivity index (χ2v) is 9.37. The van der Waals surface area contributed by atoms with Crippen LogP contribution in [0.1, 0.15) is 58.6 Å². The summed E-state index contributed by atoms with van der Waals surface area (Å²) in [6.45, 7) is 11.3. The van der Waals surface area contributed by atoms with Crippen molar-refractivity contribution in [1.29, 1.82) is 0 Å². The van der Waals surface area contributed by atoms with Crippen molar-refractivity contribution in [1.82, 2.24) is 5.09 Å². The molecule has 2 atom stereocenters. The van der Waals surface area contributed by atoms with Gasteiger partial charge >= 0.3 is 5.97 Å². The van der Waals surface area contributed by atoms with Gasteiger partial charge < -0.3 is 9.26 Å². The second-order valence-electron chi connectivity index (χ2n) is 8.68. The Morgan fingerprint density at radius 3 is 2.20 bits per heavy atom. The molecule has 1 N–H and O–H groups in total. The second kappa shape index (κ2) is 12.1. The molecule has 2 aromatic carbocycles. The predicted octanol–water partition coefficient (Wildman–Crippen LogP) is 6.05. The molecule has 164 valence electrons. The van der Waals surface area contributed by atoms with E-state index >= 15 is 0 Å². The first kappa shape index (κ1) is 24.4. The fourth-order valence-electron chi connectivity index (χ4n) is 3.05. The van der Waals surface area contributed by atoms with E-state index < -0.39 is 6.04 Å².